The van der Waals surface area contributed by atoms with Gasteiger partial charge in [-0.3, -0.25) is 0 Å². The van der Waals surface area contributed by atoms with Crippen LogP contribution in [0.25, 0.3) is 16.8 Å². The first kappa shape index (κ1) is 15.7. The van der Waals surface area contributed by atoms with Crippen molar-refractivity contribution in [2.45, 2.75) is 6.61 Å². The number of nitrogens with zero attached hydrogens (tertiary/aromatic N) is 2. The molecule has 0 fully saturated rings. The summed E-state index contributed by atoms with van der Waals surface area (Å²) in [6.45, 7) is -2.86. The highest BCUT2D eigenvalue weighted by Crippen LogP contribution is 2.24. The zero-order chi connectivity index (χ0) is 17.1. The lowest BCUT2D eigenvalue weighted by molar-refractivity contribution is -0.0498. The van der Waals surface area contributed by atoms with E-state index >= 15 is 0 Å². The van der Waals surface area contributed by atoms with E-state index in [0.717, 1.165) is 11.1 Å². The maximum atomic E-state index is 12.1. The van der Waals surface area contributed by atoms with Crippen LogP contribution in [-0.4, -0.2) is 27.5 Å². The van der Waals surface area contributed by atoms with E-state index in [9.17, 15) is 13.6 Å². The molecule has 5 nitrogen and oxygen atoms in total. The van der Waals surface area contributed by atoms with Crippen LogP contribution in [0.5, 0.6) is 5.75 Å². The topological polar surface area (TPSA) is 64.3 Å². The van der Waals surface area contributed by atoms with E-state index in [1.54, 1.807) is 41.3 Å². The minimum Gasteiger partial charge on any atom is -0.478 e. The van der Waals surface area contributed by atoms with E-state index in [0.29, 0.717) is 5.69 Å². The van der Waals surface area contributed by atoms with Crippen molar-refractivity contribution in [3.8, 4) is 22.6 Å². The van der Waals surface area contributed by atoms with Gasteiger partial charge in [0.25, 0.3) is 0 Å². The summed E-state index contributed by atoms with van der Waals surface area (Å²) in [5, 5.41) is 13.2. The Morgan fingerprint density at radius 3 is 2.54 bits per heavy atom. The van der Waals surface area contributed by atoms with E-state index in [1.807, 2.05) is 0 Å². The standard InChI is InChI=1S/C17H12F2N2O3/c18-17(19)24-15-6-4-11(5-7-15)13-9-20-21(10-13)14-3-1-2-12(8-14)16(22)23/h1-10,17H,(H,22,23). The van der Waals surface area contributed by atoms with Gasteiger partial charge >= 0.3 is 12.6 Å². The van der Waals surface area contributed by atoms with Gasteiger partial charge in [-0.25, -0.2) is 9.48 Å². The van der Waals surface area contributed by atoms with Gasteiger partial charge in [0.2, 0.25) is 0 Å². The van der Waals surface area contributed by atoms with Crippen LogP contribution in [0.15, 0.2) is 60.9 Å². The van der Waals surface area contributed by atoms with Gasteiger partial charge in [-0.2, -0.15) is 13.9 Å². The second-order valence-corrected chi connectivity index (χ2v) is 4.93. The van der Waals surface area contributed by atoms with Crippen molar-refractivity contribution >= 4 is 5.97 Å². The largest absolute Gasteiger partial charge is 0.478 e. The number of aromatic nitrogens is 2. The van der Waals surface area contributed by atoms with E-state index in [4.69, 9.17) is 5.11 Å². The molecule has 0 spiro atoms. The fraction of sp³-hybridized carbons (Fsp3) is 0.0588. The van der Waals surface area contributed by atoms with Crippen molar-refractivity contribution in [1.82, 2.24) is 9.78 Å². The van der Waals surface area contributed by atoms with Crippen molar-refractivity contribution < 1.29 is 23.4 Å². The highest BCUT2D eigenvalue weighted by molar-refractivity contribution is 5.88. The summed E-state index contributed by atoms with van der Waals surface area (Å²) >= 11 is 0. The smallest absolute Gasteiger partial charge is 0.387 e. The second kappa shape index (κ2) is 6.49. The molecule has 0 unspecified atom stereocenters. The molecule has 0 aliphatic carbocycles. The van der Waals surface area contributed by atoms with E-state index in [1.165, 1.54) is 24.3 Å². The zero-order valence-corrected chi connectivity index (χ0v) is 12.3. The Balaban J connectivity index is 1.85. The summed E-state index contributed by atoms with van der Waals surface area (Å²) in [5.41, 5.74) is 2.31. The Kier molecular flexibility index (Phi) is 4.24. The molecule has 0 atom stereocenters. The monoisotopic (exact) mass is 330 g/mol. The van der Waals surface area contributed by atoms with Crippen LogP contribution in [0.3, 0.4) is 0 Å². The summed E-state index contributed by atoms with van der Waals surface area (Å²) in [7, 11) is 0. The lowest BCUT2D eigenvalue weighted by atomic mass is 10.1. The Hall–Kier alpha value is -3.22. The first-order valence-electron chi connectivity index (χ1n) is 6.96. The molecule has 7 heteroatoms. The Morgan fingerprint density at radius 2 is 1.88 bits per heavy atom. The van der Waals surface area contributed by atoms with Crippen LogP contribution in [0.2, 0.25) is 0 Å². The van der Waals surface area contributed by atoms with Gasteiger partial charge in [0.1, 0.15) is 5.75 Å². The summed E-state index contributed by atoms with van der Waals surface area (Å²) in [6, 6.07) is 12.6. The average Bonchev–Trinajstić information content (AvgIpc) is 3.05. The summed E-state index contributed by atoms with van der Waals surface area (Å²) in [6.07, 6.45) is 3.33. The third-order valence-corrected chi connectivity index (χ3v) is 3.35. The maximum Gasteiger partial charge on any atom is 0.387 e. The van der Waals surface area contributed by atoms with Crippen LogP contribution in [0.4, 0.5) is 8.78 Å². The normalized spacial score (nSPS) is 10.8. The second-order valence-electron chi connectivity index (χ2n) is 4.93. The number of carbonyl (C=O) groups is 1. The van der Waals surface area contributed by atoms with Crippen LogP contribution in [0, 0.1) is 0 Å². The van der Waals surface area contributed by atoms with Crippen molar-refractivity contribution in [3.63, 3.8) is 0 Å². The molecule has 0 bridgehead atoms. The number of halogens is 2. The number of hydrogen-bond donors (Lipinski definition) is 1. The molecule has 122 valence electrons. The fourth-order valence-corrected chi connectivity index (χ4v) is 2.22. The summed E-state index contributed by atoms with van der Waals surface area (Å²) in [4.78, 5) is 11.0. The molecule has 0 aliphatic heterocycles. The molecule has 1 heterocycles. The number of alkyl halides is 2. The van der Waals surface area contributed by atoms with E-state index in [-0.39, 0.29) is 11.3 Å². The highest BCUT2D eigenvalue weighted by atomic mass is 19.3. The van der Waals surface area contributed by atoms with Crippen molar-refractivity contribution in [3.05, 3.63) is 66.5 Å². The fourth-order valence-electron chi connectivity index (χ4n) is 2.22. The molecule has 2 aromatic carbocycles. The molecule has 0 saturated heterocycles. The number of ether oxygens (including phenoxy) is 1. The van der Waals surface area contributed by atoms with Crippen LogP contribution >= 0.6 is 0 Å². The number of hydrogen-bond acceptors (Lipinski definition) is 3. The molecule has 3 aromatic rings. The van der Waals surface area contributed by atoms with Crippen molar-refractivity contribution in [2.75, 3.05) is 0 Å². The number of carboxylic acids is 1. The molecule has 1 N–H and O–H groups in total. The molecular formula is C17H12F2N2O3. The predicted octanol–water partition coefficient (Wildman–Crippen LogP) is 3.84. The third-order valence-electron chi connectivity index (χ3n) is 3.35. The molecule has 0 aliphatic rings. The van der Waals surface area contributed by atoms with Crippen LogP contribution in [0.1, 0.15) is 10.4 Å². The van der Waals surface area contributed by atoms with Gasteiger partial charge in [0.15, 0.2) is 0 Å². The van der Waals surface area contributed by atoms with Gasteiger partial charge in [-0.15, -0.1) is 0 Å². The summed E-state index contributed by atoms with van der Waals surface area (Å²) < 4.78 is 30.1. The molecule has 0 saturated carbocycles. The molecule has 3 rings (SSSR count). The average molecular weight is 330 g/mol. The zero-order valence-electron chi connectivity index (χ0n) is 12.3. The van der Waals surface area contributed by atoms with Crippen LogP contribution < -0.4 is 4.74 Å². The Labute approximate surface area is 135 Å². The molecule has 0 amide bonds. The molecule has 24 heavy (non-hydrogen) atoms. The number of rotatable bonds is 5. The van der Waals surface area contributed by atoms with Crippen molar-refractivity contribution in [2.24, 2.45) is 0 Å². The maximum absolute atomic E-state index is 12.1. The number of carboxylic acid groups (broad SMARTS) is 1. The van der Waals surface area contributed by atoms with Gasteiger partial charge in [0.05, 0.1) is 17.4 Å². The van der Waals surface area contributed by atoms with E-state index in [2.05, 4.69) is 9.84 Å². The lowest BCUT2D eigenvalue weighted by Crippen LogP contribution is -2.01. The minimum atomic E-state index is -2.86. The molecular weight excluding hydrogens is 318 g/mol. The first-order valence-corrected chi connectivity index (χ1v) is 6.96. The highest BCUT2D eigenvalue weighted by Gasteiger charge is 2.08. The third kappa shape index (κ3) is 3.40. The molecule has 1 aromatic heterocycles. The van der Waals surface area contributed by atoms with Gasteiger partial charge in [-0.05, 0) is 35.9 Å². The lowest BCUT2D eigenvalue weighted by Gasteiger charge is -2.05. The van der Waals surface area contributed by atoms with Crippen molar-refractivity contribution in [1.29, 1.82) is 0 Å². The predicted molar refractivity (Wildman–Crippen MR) is 82.6 cm³/mol. The van der Waals surface area contributed by atoms with Gasteiger partial charge in [0, 0.05) is 11.8 Å². The first-order chi connectivity index (χ1) is 11.5. The van der Waals surface area contributed by atoms with E-state index < -0.39 is 12.6 Å². The summed E-state index contributed by atoms with van der Waals surface area (Å²) in [5.74, 6) is -0.936. The Bertz CT molecular complexity index is 860. The van der Waals surface area contributed by atoms with Gasteiger partial charge in [-0.1, -0.05) is 18.2 Å². The quantitative estimate of drug-likeness (QED) is 0.772. The number of benzene rings is 2. The SMILES string of the molecule is O=C(O)c1cccc(-n2cc(-c3ccc(OC(F)F)cc3)cn2)c1. The van der Waals surface area contributed by atoms with Crippen LogP contribution in [-0.2, 0) is 0 Å². The Morgan fingerprint density at radius 1 is 1.12 bits per heavy atom. The van der Waals surface area contributed by atoms with Gasteiger partial charge < -0.3 is 9.84 Å². The number of aromatic carboxylic acids is 1. The minimum absolute atomic E-state index is 0.0790. The molecule has 0 radical (unpaired) electrons.